The molecule has 0 aliphatic carbocycles. The predicted octanol–water partition coefficient (Wildman–Crippen LogP) is 5.87. The van der Waals surface area contributed by atoms with Crippen LogP contribution >= 0.6 is 27.5 Å². The molecule has 0 saturated heterocycles. The lowest BCUT2D eigenvalue weighted by molar-refractivity contribution is 0.0975. The summed E-state index contributed by atoms with van der Waals surface area (Å²) in [5.74, 6) is -0.0541. The van der Waals surface area contributed by atoms with Crippen LogP contribution in [0.3, 0.4) is 0 Å². The second kappa shape index (κ2) is 6.54. The van der Waals surface area contributed by atoms with Gasteiger partial charge in [-0.2, -0.15) is 0 Å². The highest BCUT2D eigenvalue weighted by Gasteiger charge is 2.34. The monoisotopic (exact) mass is 412 g/mol. The Morgan fingerprint density at radius 3 is 2.36 bits per heavy atom. The van der Waals surface area contributed by atoms with Crippen LogP contribution in [0.2, 0.25) is 5.02 Å². The molecule has 4 rings (SSSR count). The van der Waals surface area contributed by atoms with Crippen molar-refractivity contribution in [1.29, 1.82) is 0 Å². The molecule has 124 valence electrons. The van der Waals surface area contributed by atoms with Gasteiger partial charge in [-0.3, -0.25) is 9.69 Å². The van der Waals surface area contributed by atoms with E-state index in [1.807, 2.05) is 72.8 Å². The Hall–Kier alpha value is -2.30. The average molecular weight is 414 g/mol. The molecule has 1 heterocycles. The van der Waals surface area contributed by atoms with Crippen LogP contribution in [0.5, 0.6) is 0 Å². The normalized spacial score (nSPS) is 16.3. The maximum absolute atomic E-state index is 13.2. The van der Waals surface area contributed by atoms with E-state index < -0.39 is 0 Å². The fourth-order valence-corrected chi connectivity index (χ4v) is 3.54. The van der Waals surface area contributed by atoms with Gasteiger partial charge in [-0.25, -0.2) is 0 Å². The predicted molar refractivity (Wildman–Crippen MR) is 105 cm³/mol. The van der Waals surface area contributed by atoms with Crippen molar-refractivity contribution >= 4 is 44.8 Å². The SMILES string of the molecule is O=C1c2ccccc2NC(c2ccccc2Cl)N1c1ccc(Br)cc1. The molecule has 5 heteroatoms. The third-order valence-electron chi connectivity index (χ3n) is 4.23. The second-order valence-electron chi connectivity index (χ2n) is 5.77. The van der Waals surface area contributed by atoms with Gasteiger partial charge in [-0.05, 0) is 42.5 Å². The smallest absolute Gasteiger partial charge is 0.262 e. The minimum atomic E-state index is -0.378. The van der Waals surface area contributed by atoms with Crippen molar-refractivity contribution in [3.05, 3.63) is 93.4 Å². The zero-order chi connectivity index (χ0) is 17.4. The highest BCUT2D eigenvalue weighted by molar-refractivity contribution is 9.10. The van der Waals surface area contributed by atoms with Crippen LogP contribution in [0.4, 0.5) is 11.4 Å². The molecular formula is C20H14BrClN2O. The number of hydrogen-bond donors (Lipinski definition) is 1. The van der Waals surface area contributed by atoms with Gasteiger partial charge in [-0.1, -0.05) is 57.9 Å². The summed E-state index contributed by atoms with van der Waals surface area (Å²) in [6, 6.07) is 22.8. The van der Waals surface area contributed by atoms with Crippen LogP contribution in [-0.2, 0) is 0 Å². The number of nitrogens with zero attached hydrogens (tertiary/aromatic N) is 1. The Morgan fingerprint density at radius 2 is 1.60 bits per heavy atom. The van der Waals surface area contributed by atoms with Crippen molar-refractivity contribution in [2.75, 3.05) is 10.2 Å². The van der Waals surface area contributed by atoms with Crippen molar-refractivity contribution in [3.8, 4) is 0 Å². The van der Waals surface area contributed by atoms with Gasteiger partial charge in [0.05, 0.1) is 5.56 Å². The number of benzene rings is 3. The van der Waals surface area contributed by atoms with E-state index in [4.69, 9.17) is 11.6 Å². The lowest BCUT2D eigenvalue weighted by Gasteiger charge is -2.38. The van der Waals surface area contributed by atoms with Gasteiger partial charge >= 0.3 is 0 Å². The lowest BCUT2D eigenvalue weighted by atomic mass is 10.0. The van der Waals surface area contributed by atoms with E-state index in [1.165, 1.54) is 0 Å². The van der Waals surface area contributed by atoms with E-state index in [1.54, 1.807) is 4.90 Å². The fourth-order valence-electron chi connectivity index (χ4n) is 3.04. The Kier molecular flexibility index (Phi) is 4.24. The quantitative estimate of drug-likeness (QED) is 0.569. The summed E-state index contributed by atoms with van der Waals surface area (Å²) in [5.41, 5.74) is 3.12. The number of fused-ring (bicyclic) bond motifs is 1. The maximum atomic E-state index is 13.2. The zero-order valence-corrected chi connectivity index (χ0v) is 15.5. The first kappa shape index (κ1) is 16.2. The molecule has 1 unspecified atom stereocenters. The Morgan fingerprint density at radius 1 is 0.920 bits per heavy atom. The van der Waals surface area contributed by atoms with Crippen molar-refractivity contribution < 1.29 is 4.79 Å². The fraction of sp³-hybridized carbons (Fsp3) is 0.0500. The topological polar surface area (TPSA) is 32.3 Å². The molecular weight excluding hydrogens is 400 g/mol. The summed E-state index contributed by atoms with van der Waals surface area (Å²) in [6.45, 7) is 0. The number of halogens is 2. The third-order valence-corrected chi connectivity index (χ3v) is 5.10. The minimum Gasteiger partial charge on any atom is -0.360 e. The molecule has 3 aromatic rings. The van der Waals surface area contributed by atoms with Crippen molar-refractivity contribution in [1.82, 2.24) is 0 Å². The van der Waals surface area contributed by atoms with Crippen LogP contribution in [-0.4, -0.2) is 5.91 Å². The van der Waals surface area contributed by atoms with E-state index in [0.717, 1.165) is 21.4 Å². The number of rotatable bonds is 2. The third kappa shape index (κ3) is 2.92. The molecule has 3 aromatic carbocycles. The van der Waals surface area contributed by atoms with Crippen LogP contribution in [0, 0.1) is 0 Å². The molecule has 1 atom stereocenters. The first-order valence-electron chi connectivity index (χ1n) is 7.84. The van der Waals surface area contributed by atoms with Gasteiger partial charge in [0.25, 0.3) is 5.91 Å². The van der Waals surface area contributed by atoms with Gasteiger partial charge in [0, 0.05) is 26.4 Å². The van der Waals surface area contributed by atoms with Gasteiger partial charge in [0.2, 0.25) is 0 Å². The highest BCUT2D eigenvalue weighted by Crippen LogP contribution is 2.38. The number of amides is 1. The molecule has 0 saturated carbocycles. The number of hydrogen-bond acceptors (Lipinski definition) is 2. The first-order valence-corrected chi connectivity index (χ1v) is 9.01. The molecule has 0 spiro atoms. The van der Waals surface area contributed by atoms with Crippen LogP contribution in [0.1, 0.15) is 22.1 Å². The van der Waals surface area contributed by atoms with E-state index in [2.05, 4.69) is 21.2 Å². The number of nitrogens with one attached hydrogen (secondary N) is 1. The van der Waals surface area contributed by atoms with Gasteiger partial charge in [-0.15, -0.1) is 0 Å². The van der Waals surface area contributed by atoms with Gasteiger partial charge in [0.1, 0.15) is 6.17 Å². The van der Waals surface area contributed by atoms with E-state index >= 15 is 0 Å². The van der Waals surface area contributed by atoms with Crippen molar-refractivity contribution in [3.63, 3.8) is 0 Å². The van der Waals surface area contributed by atoms with Crippen LogP contribution in [0.25, 0.3) is 0 Å². The summed E-state index contributed by atoms with van der Waals surface area (Å²) in [5, 5.41) is 4.08. The maximum Gasteiger partial charge on any atom is 0.262 e. The average Bonchev–Trinajstić information content (AvgIpc) is 2.63. The van der Waals surface area contributed by atoms with E-state index in [-0.39, 0.29) is 12.1 Å². The summed E-state index contributed by atoms with van der Waals surface area (Å²) in [6.07, 6.45) is -0.378. The van der Waals surface area contributed by atoms with Crippen LogP contribution < -0.4 is 10.2 Å². The van der Waals surface area contributed by atoms with E-state index in [9.17, 15) is 4.79 Å². The summed E-state index contributed by atoms with van der Waals surface area (Å²) in [4.78, 5) is 15.0. The summed E-state index contributed by atoms with van der Waals surface area (Å²) < 4.78 is 0.961. The number of carbonyl (C=O) groups excluding carboxylic acids is 1. The van der Waals surface area contributed by atoms with Crippen molar-refractivity contribution in [2.45, 2.75) is 6.17 Å². The van der Waals surface area contributed by atoms with E-state index in [0.29, 0.717) is 10.6 Å². The molecule has 0 radical (unpaired) electrons. The summed E-state index contributed by atoms with van der Waals surface area (Å²) in [7, 11) is 0. The van der Waals surface area contributed by atoms with Crippen LogP contribution in [0.15, 0.2) is 77.3 Å². The number of carbonyl (C=O) groups is 1. The zero-order valence-electron chi connectivity index (χ0n) is 13.1. The van der Waals surface area contributed by atoms with Crippen molar-refractivity contribution in [2.24, 2.45) is 0 Å². The Labute approximate surface area is 159 Å². The van der Waals surface area contributed by atoms with Gasteiger partial charge in [0.15, 0.2) is 0 Å². The number of anilines is 2. The lowest BCUT2D eigenvalue weighted by Crippen LogP contribution is -2.43. The minimum absolute atomic E-state index is 0.0541. The largest absolute Gasteiger partial charge is 0.360 e. The Bertz CT molecular complexity index is 942. The molecule has 0 aromatic heterocycles. The molecule has 3 nitrogen and oxygen atoms in total. The first-order chi connectivity index (χ1) is 12.1. The van der Waals surface area contributed by atoms with Gasteiger partial charge < -0.3 is 5.32 Å². The molecule has 1 aliphatic rings. The molecule has 1 N–H and O–H groups in total. The number of para-hydroxylation sites is 1. The highest BCUT2D eigenvalue weighted by atomic mass is 79.9. The second-order valence-corrected chi connectivity index (χ2v) is 7.09. The summed E-state index contributed by atoms with van der Waals surface area (Å²) >= 11 is 9.87. The molecule has 25 heavy (non-hydrogen) atoms. The molecule has 1 amide bonds. The molecule has 1 aliphatic heterocycles. The Balaban J connectivity index is 1.89. The molecule has 0 fully saturated rings. The standard InChI is InChI=1S/C20H14BrClN2O/c21-13-9-11-14(12-10-13)24-19(15-5-1-3-7-17(15)22)23-18-8-4-2-6-16(18)20(24)25/h1-12,19,23H. The molecule has 0 bridgehead atoms.